The molecule has 0 aromatic heterocycles. The average molecular weight is 202 g/mol. The van der Waals surface area contributed by atoms with Crippen LogP contribution in [-0.2, 0) is 6.54 Å². The Balaban J connectivity index is 1.40. The van der Waals surface area contributed by atoms with Crippen LogP contribution in [0.25, 0.3) is 0 Å². The van der Waals surface area contributed by atoms with Gasteiger partial charge in [-0.05, 0) is 24.3 Å². The Morgan fingerprint density at radius 2 is 2.07 bits per heavy atom. The van der Waals surface area contributed by atoms with Crippen LogP contribution in [0.3, 0.4) is 0 Å². The van der Waals surface area contributed by atoms with Crippen molar-refractivity contribution in [3.8, 4) is 0 Å². The summed E-state index contributed by atoms with van der Waals surface area (Å²) in [4.78, 5) is 0. The fraction of sp³-hybridized carbons (Fsp3) is 0.538. The molecule has 3 atom stereocenters. The highest BCUT2D eigenvalue weighted by atomic mass is 15.1. The molecule has 1 aromatic rings. The Morgan fingerprint density at radius 3 is 2.80 bits per heavy atom. The van der Waals surface area contributed by atoms with Crippen LogP contribution < -0.4 is 10.6 Å². The second-order valence-electron chi connectivity index (χ2n) is 4.82. The molecular formula is C13H18N2. The summed E-state index contributed by atoms with van der Waals surface area (Å²) < 4.78 is 0. The zero-order valence-corrected chi connectivity index (χ0v) is 8.95. The molecule has 2 fully saturated rings. The minimum absolute atomic E-state index is 0.720. The van der Waals surface area contributed by atoms with Crippen LogP contribution >= 0.6 is 0 Å². The van der Waals surface area contributed by atoms with Gasteiger partial charge in [-0.2, -0.15) is 0 Å². The number of nitrogens with one attached hydrogen (secondary N) is 2. The van der Waals surface area contributed by atoms with Gasteiger partial charge in [0.25, 0.3) is 0 Å². The van der Waals surface area contributed by atoms with Crippen molar-refractivity contribution in [2.45, 2.75) is 31.5 Å². The van der Waals surface area contributed by atoms with Gasteiger partial charge in [-0.25, -0.2) is 0 Å². The molecule has 0 amide bonds. The van der Waals surface area contributed by atoms with Crippen molar-refractivity contribution < 1.29 is 0 Å². The summed E-state index contributed by atoms with van der Waals surface area (Å²) in [6.45, 7) is 2.11. The molecule has 1 aliphatic heterocycles. The molecule has 1 aliphatic carbocycles. The number of rotatable bonds is 4. The molecule has 0 radical (unpaired) electrons. The second-order valence-corrected chi connectivity index (χ2v) is 4.82. The number of piperidine rings is 1. The highest BCUT2D eigenvalue weighted by molar-refractivity contribution is 5.14. The van der Waals surface area contributed by atoms with Gasteiger partial charge in [-0.3, -0.25) is 0 Å². The van der Waals surface area contributed by atoms with E-state index in [1.165, 1.54) is 18.4 Å². The van der Waals surface area contributed by atoms with Crippen molar-refractivity contribution in [2.75, 3.05) is 6.54 Å². The van der Waals surface area contributed by atoms with E-state index >= 15 is 0 Å². The monoisotopic (exact) mass is 202 g/mol. The lowest BCUT2D eigenvalue weighted by Gasteiger charge is -2.13. The summed E-state index contributed by atoms with van der Waals surface area (Å²) in [6, 6.07) is 12.2. The molecule has 1 saturated carbocycles. The van der Waals surface area contributed by atoms with E-state index in [0.29, 0.717) is 0 Å². The molecule has 3 rings (SSSR count). The molecule has 2 nitrogen and oxygen atoms in total. The van der Waals surface area contributed by atoms with Gasteiger partial charge in [0.05, 0.1) is 0 Å². The van der Waals surface area contributed by atoms with Gasteiger partial charge in [-0.15, -0.1) is 0 Å². The van der Waals surface area contributed by atoms with Crippen LogP contribution in [0.4, 0.5) is 0 Å². The smallest absolute Gasteiger partial charge is 0.0206 e. The maximum Gasteiger partial charge on any atom is 0.0206 e. The molecule has 15 heavy (non-hydrogen) atoms. The maximum atomic E-state index is 3.65. The first kappa shape index (κ1) is 9.37. The summed E-state index contributed by atoms with van der Waals surface area (Å²) in [7, 11) is 0. The third kappa shape index (κ3) is 2.21. The molecule has 80 valence electrons. The van der Waals surface area contributed by atoms with E-state index < -0.39 is 0 Å². The van der Waals surface area contributed by atoms with Crippen molar-refractivity contribution in [1.29, 1.82) is 0 Å². The molecule has 1 aromatic carbocycles. The standard InChI is InChI=1S/C13H18N2/c1-2-4-10(5-3-1)8-14-9-12-6-11-7-13(11)15-12/h1-5,11-15H,6-9H2/t11-,12+,13+/m0/s1. The van der Waals surface area contributed by atoms with Crippen molar-refractivity contribution >= 4 is 0 Å². The zero-order chi connectivity index (χ0) is 10.1. The lowest BCUT2D eigenvalue weighted by Crippen LogP contribution is -2.35. The van der Waals surface area contributed by atoms with Crippen LogP contribution in [0.15, 0.2) is 30.3 Å². The third-order valence-electron chi connectivity index (χ3n) is 3.52. The topological polar surface area (TPSA) is 24.1 Å². The van der Waals surface area contributed by atoms with Gasteiger partial charge in [0.1, 0.15) is 0 Å². The van der Waals surface area contributed by atoms with E-state index in [2.05, 4.69) is 41.0 Å². The predicted octanol–water partition coefficient (Wildman–Crippen LogP) is 1.53. The van der Waals surface area contributed by atoms with Gasteiger partial charge >= 0.3 is 0 Å². The SMILES string of the molecule is c1ccc(CNC[C@H]2C[C@H]3C[C@H]3N2)cc1. The first-order valence-electron chi connectivity index (χ1n) is 5.92. The van der Waals surface area contributed by atoms with Crippen LogP contribution in [0.5, 0.6) is 0 Å². The van der Waals surface area contributed by atoms with Gasteiger partial charge < -0.3 is 10.6 Å². The first-order chi connectivity index (χ1) is 7.42. The normalized spacial score (nSPS) is 32.7. The number of fused-ring (bicyclic) bond motifs is 1. The summed E-state index contributed by atoms with van der Waals surface area (Å²) in [6.07, 6.45) is 2.81. The summed E-state index contributed by atoms with van der Waals surface area (Å²) in [5, 5.41) is 7.17. The molecular weight excluding hydrogens is 184 g/mol. The van der Waals surface area contributed by atoms with Gasteiger partial charge in [0.2, 0.25) is 0 Å². The quantitative estimate of drug-likeness (QED) is 0.773. The van der Waals surface area contributed by atoms with Gasteiger partial charge in [-0.1, -0.05) is 30.3 Å². The Labute approximate surface area is 91.1 Å². The van der Waals surface area contributed by atoms with Crippen LogP contribution in [-0.4, -0.2) is 18.6 Å². The fourth-order valence-corrected chi connectivity index (χ4v) is 2.58. The van der Waals surface area contributed by atoms with E-state index in [-0.39, 0.29) is 0 Å². The van der Waals surface area contributed by atoms with E-state index in [0.717, 1.165) is 31.1 Å². The first-order valence-corrected chi connectivity index (χ1v) is 5.92. The number of hydrogen-bond acceptors (Lipinski definition) is 2. The predicted molar refractivity (Wildman–Crippen MR) is 61.6 cm³/mol. The number of hydrogen-bond donors (Lipinski definition) is 2. The highest BCUT2D eigenvalue weighted by Crippen LogP contribution is 2.40. The number of benzene rings is 1. The summed E-state index contributed by atoms with van der Waals surface area (Å²) >= 11 is 0. The van der Waals surface area contributed by atoms with Crippen LogP contribution in [0, 0.1) is 5.92 Å². The lowest BCUT2D eigenvalue weighted by atomic mass is 10.1. The minimum atomic E-state index is 0.720. The Bertz CT molecular complexity index is 313. The molecule has 0 spiro atoms. The highest BCUT2D eigenvalue weighted by Gasteiger charge is 2.45. The van der Waals surface area contributed by atoms with E-state index in [1.54, 1.807) is 0 Å². The molecule has 1 saturated heterocycles. The lowest BCUT2D eigenvalue weighted by molar-refractivity contribution is 0.493. The van der Waals surface area contributed by atoms with E-state index in [1.807, 2.05) is 0 Å². The van der Waals surface area contributed by atoms with Crippen LogP contribution in [0.2, 0.25) is 0 Å². The largest absolute Gasteiger partial charge is 0.311 e. The van der Waals surface area contributed by atoms with Crippen molar-refractivity contribution in [3.05, 3.63) is 35.9 Å². The van der Waals surface area contributed by atoms with Crippen molar-refractivity contribution in [1.82, 2.24) is 10.6 Å². The molecule has 2 N–H and O–H groups in total. The Morgan fingerprint density at radius 1 is 1.20 bits per heavy atom. The average Bonchev–Trinajstić information content (AvgIpc) is 2.88. The molecule has 1 heterocycles. The Kier molecular flexibility index (Phi) is 2.47. The molecule has 0 bridgehead atoms. The maximum absolute atomic E-state index is 3.65. The third-order valence-corrected chi connectivity index (χ3v) is 3.52. The van der Waals surface area contributed by atoms with Gasteiger partial charge in [0.15, 0.2) is 0 Å². The van der Waals surface area contributed by atoms with Crippen LogP contribution in [0.1, 0.15) is 18.4 Å². The fourth-order valence-electron chi connectivity index (χ4n) is 2.58. The molecule has 2 aliphatic rings. The minimum Gasteiger partial charge on any atom is -0.311 e. The van der Waals surface area contributed by atoms with Crippen molar-refractivity contribution in [2.24, 2.45) is 5.92 Å². The van der Waals surface area contributed by atoms with E-state index in [4.69, 9.17) is 0 Å². The zero-order valence-electron chi connectivity index (χ0n) is 8.95. The molecule has 2 heteroatoms. The van der Waals surface area contributed by atoms with E-state index in [9.17, 15) is 0 Å². The molecule has 0 unspecified atom stereocenters. The van der Waals surface area contributed by atoms with Crippen molar-refractivity contribution in [3.63, 3.8) is 0 Å². The summed E-state index contributed by atoms with van der Waals surface area (Å²) in [5.74, 6) is 1.01. The second kappa shape index (κ2) is 3.95. The summed E-state index contributed by atoms with van der Waals surface area (Å²) in [5.41, 5.74) is 1.38. The van der Waals surface area contributed by atoms with Gasteiger partial charge in [0, 0.05) is 25.2 Å². The Hall–Kier alpha value is -0.860.